The molecule has 1 spiro atoms. The Hall–Kier alpha value is -3.10. The molecule has 3 saturated heterocycles. The topological polar surface area (TPSA) is 81.2 Å². The standard InChI is InChI=1S/C32H39N3O4S/c1-6-15-33(5)29(37)26-25-17-20(4)32(40-25)27(26)30(38)35(23(8-3)19-36)28(32)31(39)34(16-7-2)24-14-13-21-11-9-10-12-22(21)18-24/h6-7,9-14,18,20,23,25-28,36H,1-2,8,15-17,19H2,3-5H3/t20?,23-,25+,26-,27-,28?,32?/m0/s1. The highest BCUT2D eigenvalue weighted by molar-refractivity contribution is 8.02. The number of nitrogens with zero attached hydrogens (tertiary/aromatic N) is 3. The average Bonchev–Trinajstić information content (AvgIpc) is 3.55. The van der Waals surface area contributed by atoms with Gasteiger partial charge in [0, 0.05) is 31.1 Å². The van der Waals surface area contributed by atoms with Crippen LogP contribution in [-0.2, 0) is 14.4 Å². The van der Waals surface area contributed by atoms with E-state index in [4.69, 9.17) is 0 Å². The Labute approximate surface area is 240 Å². The largest absolute Gasteiger partial charge is 0.394 e. The lowest BCUT2D eigenvalue weighted by Gasteiger charge is -2.42. The number of likely N-dealkylation sites (N-methyl/N-ethyl adjacent to an activating group) is 1. The number of likely N-dealkylation sites (tertiary alicyclic amines) is 1. The van der Waals surface area contributed by atoms with Crippen LogP contribution in [0.5, 0.6) is 0 Å². The highest BCUT2D eigenvalue weighted by atomic mass is 32.2. The van der Waals surface area contributed by atoms with E-state index in [0.717, 1.165) is 22.9 Å². The Bertz CT molecular complexity index is 1340. The van der Waals surface area contributed by atoms with Crippen LogP contribution >= 0.6 is 11.8 Å². The minimum absolute atomic E-state index is 0.0381. The highest BCUT2D eigenvalue weighted by Crippen LogP contribution is 2.69. The molecular weight excluding hydrogens is 522 g/mol. The van der Waals surface area contributed by atoms with Gasteiger partial charge in [-0.15, -0.1) is 24.9 Å². The van der Waals surface area contributed by atoms with Gasteiger partial charge in [0.1, 0.15) is 6.04 Å². The quantitative estimate of drug-likeness (QED) is 0.442. The number of hydrogen-bond donors (Lipinski definition) is 1. The number of anilines is 1. The van der Waals surface area contributed by atoms with E-state index >= 15 is 0 Å². The van der Waals surface area contributed by atoms with Crippen LogP contribution in [0.4, 0.5) is 5.69 Å². The maximum atomic E-state index is 14.8. The minimum atomic E-state index is -0.805. The van der Waals surface area contributed by atoms with Crippen molar-refractivity contribution in [2.75, 3.05) is 31.6 Å². The molecule has 40 heavy (non-hydrogen) atoms. The summed E-state index contributed by atoms with van der Waals surface area (Å²) >= 11 is 1.65. The third-order valence-corrected chi connectivity index (χ3v) is 11.3. The number of hydrogen-bond acceptors (Lipinski definition) is 5. The fraction of sp³-hybridized carbons (Fsp3) is 0.469. The smallest absolute Gasteiger partial charge is 0.251 e. The zero-order valence-corrected chi connectivity index (χ0v) is 24.3. The van der Waals surface area contributed by atoms with E-state index in [-0.39, 0.29) is 42.0 Å². The molecule has 3 aliphatic heterocycles. The predicted molar refractivity (Wildman–Crippen MR) is 161 cm³/mol. The molecular formula is C32H39N3O4S. The fourth-order valence-electron chi connectivity index (χ4n) is 7.31. The summed E-state index contributed by atoms with van der Waals surface area (Å²) in [5.74, 6) is -1.55. The maximum Gasteiger partial charge on any atom is 0.251 e. The van der Waals surface area contributed by atoms with Gasteiger partial charge in [-0.3, -0.25) is 14.4 Å². The number of benzene rings is 2. The first-order chi connectivity index (χ1) is 19.2. The minimum Gasteiger partial charge on any atom is -0.394 e. The number of rotatable bonds is 10. The van der Waals surface area contributed by atoms with E-state index in [9.17, 15) is 19.5 Å². The number of carbonyl (C=O) groups excluding carboxylic acids is 3. The van der Waals surface area contributed by atoms with Gasteiger partial charge in [0.15, 0.2) is 0 Å². The molecule has 3 heterocycles. The van der Waals surface area contributed by atoms with Crippen molar-refractivity contribution in [2.45, 2.75) is 48.8 Å². The fourth-order valence-corrected chi connectivity index (χ4v) is 9.71. The molecule has 2 bridgehead atoms. The Balaban J connectivity index is 1.63. The SMILES string of the molecule is C=CCN(C)C(=O)[C@@H]1[C@H]2C(=O)N([C@@H](CC)CO)C(C(=O)N(CC=C)c3ccc4ccccc4c3)C23S[C@@H]1CC3C. The lowest BCUT2D eigenvalue weighted by molar-refractivity contribution is -0.145. The number of fused-ring (bicyclic) bond motifs is 2. The summed E-state index contributed by atoms with van der Waals surface area (Å²) < 4.78 is -0.757. The lowest BCUT2D eigenvalue weighted by atomic mass is 9.65. The lowest BCUT2D eigenvalue weighted by Crippen LogP contribution is -2.59. The maximum absolute atomic E-state index is 14.8. The van der Waals surface area contributed by atoms with Crippen LogP contribution in [0, 0.1) is 17.8 Å². The second kappa shape index (κ2) is 11.1. The van der Waals surface area contributed by atoms with E-state index < -0.39 is 28.7 Å². The summed E-state index contributed by atoms with van der Waals surface area (Å²) in [7, 11) is 1.74. The van der Waals surface area contributed by atoms with Crippen LogP contribution in [0.25, 0.3) is 10.8 Å². The Morgan fingerprint density at radius 3 is 2.50 bits per heavy atom. The first-order valence-corrected chi connectivity index (χ1v) is 15.0. The van der Waals surface area contributed by atoms with Crippen molar-refractivity contribution in [3.05, 3.63) is 67.8 Å². The van der Waals surface area contributed by atoms with Crippen molar-refractivity contribution in [3.8, 4) is 0 Å². The van der Waals surface area contributed by atoms with Crippen LogP contribution in [-0.4, -0.2) is 81.5 Å². The van der Waals surface area contributed by atoms with Crippen LogP contribution < -0.4 is 4.90 Å². The predicted octanol–water partition coefficient (Wildman–Crippen LogP) is 4.11. The summed E-state index contributed by atoms with van der Waals surface area (Å²) in [6.45, 7) is 12.1. The van der Waals surface area contributed by atoms with Gasteiger partial charge in [-0.2, -0.15) is 0 Å². The van der Waals surface area contributed by atoms with Crippen molar-refractivity contribution >= 4 is 45.9 Å². The zero-order valence-electron chi connectivity index (χ0n) is 23.5. The first kappa shape index (κ1) is 28.4. The Morgan fingerprint density at radius 1 is 1.15 bits per heavy atom. The Morgan fingerprint density at radius 2 is 1.85 bits per heavy atom. The number of aliphatic hydroxyl groups is 1. The molecule has 7 nitrogen and oxygen atoms in total. The molecule has 212 valence electrons. The van der Waals surface area contributed by atoms with Gasteiger partial charge in [0.2, 0.25) is 11.8 Å². The van der Waals surface area contributed by atoms with Crippen molar-refractivity contribution in [1.82, 2.24) is 9.80 Å². The molecule has 3 aliphatic rings. The van der Waals surface area contributed by atoms with Crippen molar-refractivity contribution < 1.29 is 19.5 Å². The summed E-state index contributed by atoms with van der Waals surface area (Å²) in [5, 5.41) is 12.4. The van der Waals surface area contributed by atoms with Gasteiger partial charge in [-0.05, 0) is 41.7 Å². The molecule has 7 atom stereocenters. The molecule has 3 unspecified atom stereocenters. The van der Waals surface area contributed by atoms with Crippen molar-refractivity contribution in [3.63, 3.8) is 0 Å². The number of thioether (sulfide) groups is 1. The zero-order chi connectivity index (χ0) is 28.8. The van der Waals surface area contributed by atoms with Gasteiger partial charge in [-0.25, -0.2) is 0 Å². The molecule has 2 aromatic carbocycles. The van der Waals surface area contributed by atoms with Crippen LogP contribution in [0.1, 0.15) is 26.7 Å². The van der Waals surface area contributed by atoms with Gasteiger partial charge in [0.05, 0.1) is 29.2 Å². The molecule has 8 heteroatoms. The third-order valence-electron chi connectivity index (χ3n) is 9.18. The molecule has 1 N–H and O–H groups in total. The molecule has 0 saturated carbocycles. The number of aliphatic hydroxyl groups excluding tert-OH is 1. The average molecular weight is 562 g/mol. The molecule has 2 aromatic rings. The summed E-state index contributed by atoms with van der Waals surface area (Å²) in [6, 6.07) is 12.6. The van der Waals surface area contributed by atoms with Crippen LogP contribution in [0.15, 0.2) is 67.8 Å². The van der Waals surface area contributed by atoms with E-state index in [2.05, 4.69) is 20.1 Å². The molecule has 3 amide bonds. The molecule has 3 fully saturated rings. The van der Waals surface area contributed by atoms with E-state index in [1.807, 2.05) is 49.4 Å². The van der Waals surface area contributed by atoms with Crippen molar-refractivity contribution in [2.24, 2.45) is 17.8 Å². The van der Waals surface area contributed by atoms with E-state index in [0.29, 0.717) is 13.0 Å². The molecule has 0 aromatic heterocycles. The van der Waals surface area contributed by atoms with E-state index in [1.54, 1.807) is 45.7 Å². The first-order valence-electron chi connectivity index (χ1n) is 14.1. The normalized spacial score (nSPS) is 29.4. The Kier molecular flexibility index (Phi) is 7.86. The van der Waals surface area contributed by atoms with Crippen LogP contribution in [0.2, 0.25) is 0 Å². The summed E-state index contributed by atoms with van der Waals surface area (Å²) in [6.07, 6.45) is 4.65. The van der Waals surface area contributed by atoms with Gasteiger partial charge >= 0.3 is 0 Å². The summed E-state index contributed by atoms with van der Waals surface area (Å²) in [5.41, 5.74) is 0.733. The second-order valence-corrected chi connectivity index (χ2v) is 12.9. The highest BCUT2D eigenvalue weighted by Gasteiger charge is 2.76. The number of carbonyl (C=O) groups is 3. The van der Waals surface area contributed by atoms with Gasteiger partial charge in [0.25, 0.3) is 5.91 Å². The number of amides is 3. The second-order valence-electron chi connectivity index (χ2n) is 11.3. The van der Waals surface area contributed by atoms with E-state index in [1.165, 1.54) is 0 Å². The molecule has 0 radical (unpaired) electrons. The van der Waals surface area contributed by atoms with Gasteiger partial charge in [-0.1, -0.05) is 56.3 Å². The van der Waals surface area contributed by atoms with Gasteiger partial charge < -0.3 is 19.8 Å². The third kappa shape index (κ3) is 4.18. The van der Waals surface area contributed by atoms with Crippen molar-refractivity contribution in [1.29, 1.82) is 0 Å². The monoisotopic (exact) mass is 561 g/mol. The van der Waals surface area contributed by atoms with Crippen LogP contribution in [0.3, 0.4) is 0 Å². The molecule has 0 aliphatic carbocycles. The molecule has 5 rings (SSSR count). The summed E-state index contributed by atoms with van der Waals surface area (Å²) in [4.78, 5) is 47.9.